The summed E-state index contributed by atoms with van der Waals surface area (Å²) in [4.78, 5) is 0. The average Bonchev–Trinajstić information content (AvgIpc) is 2.41. The Morgan fingerprint density at radius 3 is 2.05 bits per heavy atom. The molecular weight excluding hydrogens is 234 g/mol. The minimum absolute atomic E-state index is 0.210. The van der Waals surface area contributed by atoms with E-state index in [0.29, 0.717) is 0 Å². The SMILES string of the molecule is CC(C)Oc1ccc(NC(C)c2ccccc2)cc1. The second kappa shape index (κ2) is 6.28. The van der Waals surface area contributed by atoms with E-state index in [9.17, 15) is 0 Å². The Bertz CT molecular complexity index is 490. The molecule has 0 aliphatic carbocycles. The lowest BCUT2D eigenvalue weighted by atomic mass is 10.1. The first-order valence-electron chi connectivity index (χ1n) is 6.73. The topological polar surface area (TPSA) is 21.3 Å². The van der Waals surface area contributed by atoms with Crippen molar-refractivity contribution in [1.82, 2.24) is 0 Å². The fourth-order valence-corrected chi connectivity index (χ4v) is 1.98. The van der Waals surface area contributed by atoms with Crippen LogP contribution in [0.25, 0.3) is 0 Å². The molecule has 2 heteroatoms. The van der Waals surface area contributed by atoms with Crippen molar-refractivity contribution in [2.24, 2.45) is 0 Å². The van der Waals surface area contributed by atoms with Crippen molar-refractivity contribution in [3.05, 3.63) is 60.2 Å². The van der Waals surface area contributed by atoms with Crippen LogP contribution in [0.4, 0.5) is 5.69 Å². The molecule has 2 aromatic rings. The first-order valence-corrected chi connectivity index (χ1v) is 6.73. The van der Waals surface area contributed by atoms with Gasteiger partial charge < -0.3 is 10.1 Å². The Kier molecular flexibility index (Phi) is 4.45. The Morgan fingerprint density at radius 1 is 0.842 bits per heavy atom. The monoisotopic (exact) mass is 255 g/mol. The van der Waals surface area contributed by atoms with Gasteiger partial charge in [-0.2, -0.15) is 0 Å². The summed E-state index contributed by atoms with van der Waals surface area (Å²) >= 11 is 0. The number of ether oxygens (including phenoxy) is 1. The van der Waals surface area contributed by atoms with Crippen LogP contribution in [0.15, 0.2) is 54.6 Å². The highest BCUT2D eigenvalue weighted by Crippen LogP contribution is 2.21. The van der Waals surface area contributed by atoms with Crippen molar-refractivity contribution < 1.29 is 4.74 Å². The minimum Gasteiger partial charge on any atom is -0.491 e. The molecule has 2 aromatic carbocycles. The summed E-state index contributed by atoms with van der Waals surface area (Å²) < 4.78 is 5.63. The second-order valence-electron chi connectivity index (χ2n) is 4.97. The fraction of sp³-hybridized carbons (Fsp3) is 0.294. The molecule has 0 spiro atoms. The van der Waals surface area contributed by atoms with Gasteiger partial charge in [-0.3, -0.25) is 0 Å². The van der Waals surface area contributed by atoms with Gasteiger partial charge in [0.1, 0.15) is 5.75 Å². The smallest absolute Gasteiger partial charge is 0.119 e. The van der Waals surface area contributed by atoms with Gasteiger partial charge in [-0.1, -0.05) is 30.3 Å². The molecule has 2 rings (SSSR count). The van der Waals surface area contributed by atoms with Crippen LogP contribution in [-0.4, -0.2) is 6.10 Å². The number of anilines is 1. The molecule has 2 nitrogen and oxygen atoms in total. The quantitative estimate of drug-likeness (QED) is 0.840. The number of benzene rings is 2. The average molecular weight is 255 g/mol. The molecule has 0 amide bonds. The summed E-state index contributed by atoms with van der Waals surface area (Å²) in [7, 11) is 0. The fourth-order valence-electron chi connectivity index (χ4n) is 1.98. The van der Waals surface area contributed by atoms with E-state index in [0.717, 1.165) is 11.4 Å². The van der Waals surface area contributed by atoms with Gasteiger partial charge in [0.2, 0.25) is 0 Å². The van der Waals surface area contributed by atoms with Crippen LogP contribution in [0.3, 0.4) is 0 Å². The zero-order chi connectivity index (χ0) is 13.7. The summed E-state index contributed by atoms with van der Waals surface area (Å²) in [5, 5.41) is 3.48. The Labute approximate surface area is 115 Å². The molecule has 0 aromatic heterocycles. The third kappa shape index (κ3) is 4.02. The predicted octanol–water partition coefficient (Wildman–Crippen LogP) is 4.65. The van der Waals surface area contributed by atoms with Crippen LogP contribution in [-0.2, 0) is 0 Å². The molecule has 0 fully saturated rings. The zero-order valence-electron chi connectivity index (χ0n) is 11.8. The van der Waals surface area contributed by atoms with Gasteiger partial charge in [0.05, 0.1) is 6.10 Å². The van der Waals surface area contributed by atoms with Crippen LogP contribution < -0.4 is 10.1 Å². The standard InChI is InChI=1S/C17H21NO/c1-13(2)19-17-11-9-16(10-12-17)18-14(3)15-7-5-4-6-8-15/h4-14,18H,1-3H3. The van der Waals surface area contributed by atoms with E-state index in [-0.39, 0.29) is 12.1 Å². The predicted molar refractivity (Wildman–Crippen MR) is 80.7 cm³/mol. The van der Waals surface area contributed by atoms with E-state index >= 15 is 0 Å². The summed E-state index contributed by atoms with van der Waals surface area (Å²) in [6.45, 7) is 6.22. The summed E-state index contributed by atoms with van der Waals surface area (Å²) in [5.41, 5.74) is 2.39. The van der Waals surface area contributed by atoms with Crippen molar-refractivity contribution in [3.8, 4) is 5.75 Å². The molecular formula is C17H21NO. The largest absolute Gasteiger partial charge is 0.491 e. The van der Waals surface area contributed by atoms with Gasteiger partial charge in [0.25, 0.3) is 0 Å². The van der Waals surface area contributed by atoms with Gasteiger partial charge >= 0.3 is 0 Å². The highest BCUT2D eigenvalue weighted by atomic mass is 16.5. The third-order valence-electron chi connectivity index (χ3n) is 2.91. The number of nitrogens with one attached hydrogen (secondary N) is 1. The van der Waals surface area contributed by atoms with Crippen molar-refractivity contribution in [3.63, 3.8) is 0 Å². The molecule has 1 unspecified atom stereocenters. The number of hydrogen-bond donors (Lipinski definition) is 1. The lowest BCUT2D eigenvalue weighted by molar-refractivity contribution is 0.242. The highest BCUT2D eigenvalue weighted by molar-refractivity contribution is 5.48. The molecule has 100 valence electrons. The number of hydrogen-bond acceptors (Lipinski definition) is 2. The first kappa shape index (κ1) is 13.5. The maximum atomic E-state index is 5.63. The molecule has 0 saturated carbocycles. The van der Waals surface area contributed by atoms with Gasteiger partial charge in [0.15, 0.2) is 0 Å². The second-order valence-corrected chi connectivity index (χ2v) is 4.97. The molecule has 0 bridgehead atoms. The zero-order valence-corrected chi connectivity index (χ0v) is 11.8. The van der Waals surface area contributed by atoms with E-state index in [4.69, 9.17) is 4.74 Å². The lowest BCUT2D eigenvalue weighted by Crippen LogP contribution is -2.07. The molecule has 0 aliphatic rings. The molecule has 0 saturated heterocycles. The summed E-state index contributed by atoms with van der Waals surface area (Å²) in [6, 6.07) is 18.8. The van der Waals surface area contributed by atoms with E-state index in [1.165, 1.54) is 5.56 Å². The van der Waals surface area contributed by atoms with E-state index in [1.54, 1.807) is 0 Å². The van der Waals surface area contributed by atoms with Crippen molar-refractivity contribution in [2.75, 3.05) is 5.32 Å². The summed E-state index contributed by atoms with van der Waals surface area (Å²) in [6.07, 6.45) is 0.210. The van der Waals surface area contributed by atoms with Crippen molar-refractivity contribution in [2.45, 2.75) is 32.9 Å². The molecule has 0 heterocycles. The van der Waals surface area contributed by atoms with Gasteiger partial charge in [0, 0.05) is 11.7 Å². The van der Waals surface area contributed by atoms with E-state index in [2.05, 4.69) is 48.6 Å². The normalized spacial score (nSPS) is 12.2. The Hall–Kier alpha value is -1.96. The minimum atomic E-state index is 0.210. The maximum absolute atomic E-state index is 5.63. The Morgan fingerprint density at radius 2 is 1.47 bits per heavy atom. The maximum Gasteiger partial charge on any atom is 0.119 e. The molecule has 0 radical (unpaired) electrons. The third-order valence-corrected chi connectivity index (χ3v) is 2.91. The van der Waals surface area contributed by atoms with Gasteiger partial charge in [-0.05, 0) is 50.6 Å². The summed E-state index contributed by atoms with van der Waals surface area (Å²) in [5.74, 6) is 0.910. The van der Waals surface area contributed by atoms with Crippen LogP contribution in [0.1, 0.15) is 32.4 Å². The van der Waals surface area contributed by atoms with Crippen LogP contribution >= 0.6 is 0 Å². The first-order chi connectivity index (χ1) is 9.15. The molecule has 0 aliphatic heterocycles. The lowest BCUT2D eigenvalue weighted by Gasteiger charge is -2.16. The molecule has 1 N–H and O–H groups in total. The highest BCUT2D eigenvalue weighted by Gasteiger charge is 2.04. The number of rotatable bonds is 5. The van der Waals surface area contributed by atoms with E-state index in [1.807, 2.05) is 32.0 Å². The van der Waals surface area contributed by atoms with Crippen molar-refractivity contribution >= 4 is 5.69 Å². The van der Waals surface area contributed by atoms with Crippen LogP contribution in [0, 0.1) is 0 Å². The molecule has 19 heavy (non-hydrogen) atoms. The van der Waals surface area contributed by atoms with Gasteiger partial charge in [-0.15, -0.1) is 0 Å². The van der Waals surface area contributed by atoms with Crippen LogP contribution in [0.5, 0.6) is 5.75 Å². The van der Waals surface area contributed by atoms with Gasteiger partial charge in [-0.25, -0.2) is 0 Å². The Balaban J connectivity index is 1.99. The van der Waals surface area contributed by atoms with E-state index < -0.39 is 0 Å². The molecule has 1 atom stereocenters. The van der Waals surface area contributed by atoms with Crippen LogP contribution in [0.2, 0.25) is 0 Å². The van der Waals surface area contributed by atoms with Crippen molar-refractivity contribution in [1.29, 1.82) is 0 Å².